The van der Waals surface area contributed by atoms with Gasteiger partial charge in [-0.1, -0.05) is 18.3 Å². The third kappa shape index (κ3) is 3.35. The number of alkyl halides is 6. The first kappa shape index (κ1) is 20.0. The maximum absolute atomic E-state index is 13.0. The standard InChI is InChI=1S/C16H11F6N5S2/c1-3-28-13-11(25-14-27(13)6-10(29-14)16(20,21)22)12-24-7-4-9(15(17,18)19)23-5-8(7)26(12)2/h4-6H,3H2,1-2H3. The SMILES string of the molecule is CCSc1c(-c2nc3cc(C(F)(F)F)ncc3n2C)nc2sc(C(F)(F)F)cn12. The minimum Gasteiger partial charge on any atom is -0.324 e. The quantitative estimate of drug-likeness (QED) is 0.305. The van der Waals surface area contributed by atoms with Gasteiger partial charge in [0.2, 0.25) is 0 Å². The summed E-state index contributed by atoms with van der Waals surface area (Å²) in [5.41, 5.74) is -0.333. The molecule has 4 heterocycles. The summed E-state index contributed by atoms with van der Waals surface area (Å²) >= 11 is 1.77. The van der Waals surface area contributed by atoms with Gasteiger partial charge in [0.1, 0.15) is 21.3 Å². The molecule has 4 aromatic rings. The predicted molar refractivity (Wildman–Crippen MR) is 97.0 cm³/mol. The summed E-state index contributed by atoms with van der Waals surface area (Å²) in [6, 6.07) is 0.839. The van der Waals surface area contributed by atoms with Crippen molar-refractivity contribution in [3.8, 4) is 11.5 Å². The van der Waals surface area contributed by atoms with E-state index >= 15 is 0 Å². The molecule has 0 saturated heterocycles. The van der Waals surface area contributed by atoms with Crippen LogP contribution in [-0.2, 0) is 19.4 Å². The van der Waals surface area contributed by atoms with Crippen LogP contribution in [0.4, 0.5) is 26.3 Å². The molecule has 4 rings (SSSR count). The van der Waals surface area contributed by atoms with Crippen molar-refractivity contribution in [3.05, 3.63) is 29.0 Å². The molecule has 4 aromatic heterocycles. The predicted octanol–water partition coefficient (Wildman–Crippen LogP) is 5.49. The van der Waals surface area contributed by atoms with Crippen LogP contribution in [-0.4, -0.2) is 29.7 Å². The number of aryl methyl sites for hydroxylation is 1. The molecule has 5 nitrogen and oxygen atoms in total. The number of nitrogens with zero attached hydrogens (tertiary/aromatic N) is 5. The maximum atomic E-state index is 13.0. The van der Waals surface area contributed by atoms with Gasteiger partial charge in [-0.15, -0.1) is 11.8 Å². The second-order valence-corrected chi connectivity index (χ2v) is 8.26. The van der Waals surface area contributed by atoms with Crippen LogP contribution in [0.25, 0.3) is 27.5 Å². The number of rotatable bonds is 3. The molecular weight excluding hydrogens is 440 g/mol. The molecule has 0 N–H and O–H groups in total. The molecule has 0 aliphatic heterocycles. The van der Waals surface area contributed by atoms with Crippen LogP contribution in [0.2, 0.25) is 0 Å². The van der Waals surface area contributed by atoms with Crippen molar-refractivity contribution < 1.29 is 26.3 Å². The fraction of sp³-hybridized carbons (Fsp3) is 0.312. The average molecular weight is 451 g/mol. The van der Waals surface area contributed by atoms with Gasteiger partial charge >= 0.3 is 12.4 Å². The molecule has 0 spiro atoms. The second-order valence-electron chi connectivity index (χ2n) is 5.99. The third-order valence-corrected chi connectivity index (χ3v) is 6.09. The zero-order chi connectivity index (χ0) is 21.1. The van der Waals surface area contributed by atoms with Crippen LogP contribution < -0.4 is 0 Å². The number of fused-ring (bicyclic) bond motifs is 2. The summed E-state index contributed by atoms with van der Waals surface area (Å²) < 4.78 is 80.8. The number of halogens is 6. The Labute approximate surface area is 167 Å². The van der Waals surface area contributed by atoms with Gasteiger partial charge in [0.15, 0.2) is 10.8 Å². The van der Waals surface area contributed by atoms with E-state index in [2.05, 4.69) is 15.0 Å². The number of pyridine rings is 1. The van der Waals surface area contributed by atoms with Crippen molar-refractivity contribution in [3.63, 3.8) is 0 Å². The number of thioether (sulfide) groups is 1. The first-order valence-corrected chi connectivity index (χ1v) is 9.92. The average Bonchev–Trinajstić information content (AvgIpc) is 3.26. The lowest BCUT2D eigenvalue weighted by molar-refractivity contribution is -0.141. The van der Waals surface area contributed by atoms with Crippen molar-refractivity contribution >= 4 is 39.1 Å². The lowest BCUT2D eigenvalue weighted by atomic mass is 10.3. The van der Waals surface area contributed by atoms with Crippen molar-refractivity contribution in [1.29, 1.82) is 0 Å². The van der Waals surface area contributed by atoms with E-state index < -0.39 is 22.9 Å². The molecule has 0 atom stereocenters. The topological polar surface area (TPSA) is 48.0 Å². The van der Waals surface area contributed by atoms with E-state index in [0.29, 0.717) is 33.3 Å². The van der Waals surface area contributed by atoms with Crippen LogP contribution in [0, 0.1) is 0 Å². The molecule has 0 fully saturated rings. The number of hydrogen-bond donors (Lipinski definition) is 0. The van der Waals surface area contributed by atoms with E-state index in [1.807, 2.05) is 6.92 Å². The summed E-state index contributed by atoms with van der Waals surface area (Å²) in [5, 5.41) is 0.441. The van der Waals surface area contributed by atoms with E-state index in [1.54, 1.807) is 7.05 Å². The fourth-order valence-electron chi connectivity index (χ4n) is 2.83. The summed E-state index contributed by atoms with van der Waals surface area (Å²) in [4.78, 5) is 11.3. The maximum Gasteiger partial charge on any atom is 0.433 e. The summed E-state index contributed by atoms with van der Waals surface area (Å²) in [6.45, 7) is 1.83. The molecular formula is C16H11F6N5S2. The first-order chi connectivity index (χ1) is 13.5. The largest absolute Gasteiger partial charge is 0.433 e. The lowest BCUT2D eigenvalue weighted by Crippen LogP contribution is -2.07. The normalized spacial score (nSPS) is 13.1. The highest BCUT2D eigenvalue weighted by molar-refractivity contribution is 7.99. The molecule has 0 aromatic carbocycles. The molecule has 29 heavy (non-hydrogen) atoms. The molecule has 0 aliphatic rings. The molecule has 0 saturated carbocycles. The number of imidazole rings is 2. The zero-order valence-electron chi connectivity index (χ0n) is 14.8. The Morgan fingerprint density at radius 1 is 1.10 bits per heavy atom. The number of aromatic nitrogens is 5. The number of hydrogen-bond acceptors (Lipinski definition) is 5. The highest BCUT2D eigenvalue weighted by atomic mass is 32.2. The molecule has 13 heteroatoms. The Balaban J connectivity index is 1.91. The second kappa shape index (κ2) is 6.62. The van der Waals surface area contributed by atoms with E-state index in [4.69, 9.17) is 0 Å². The van der Waals surface area contributed by atoms with Crippen LogP contribution >= 0.6 is 23.1 Å². The minimum absolute atomic E-state index is 0.0737. The fourth-order valence-corrected chi connectivity index (χ4v) is 4.57. The molecule has 0 unspecified atom stereocenters. The molecule has 0 radical (unpaired) electrons. The van der Waals surface area contributed by atoms with Gasteiger partial charge in [0.05, 0.1) is 17.2 Å². The Kier molecular flexibility index (Phi) is 4.57. The van der Waals surface area contributed by atoms with E-state index in [0.717, 1.165) is 18.5 Å². The van der Waals surface area contributed by atoms with Crippen molar-refractivity contribution in [1.82, 2.24) is 23.9 Å². The summed E-state index contributed by atoms with van der Waals surface area (Å²) in [7, 11) is 1.59. The summed E-state index contributed by atoms with van der Waals surface area (Å²) in [6.07, 6.45) is -7.06. The Bertz CT molecular complexity index is 1220. The monoisotopic (exact) mass is 451 g/mol. The zero-order valence-corrected chi connectivity index (χ0v) is 16.4. The van der Waals surface area contributed by atoms with Crippen molar-refractivity contribution in [2.45, 2.75) is 24.3 Å². The van der Waals surface area contributed by atoms with E-state index in [1.165, 1.54) is 20.7 Å². The van der Waals surface area contributed by atoms with Gasteiger partial charge in [-0.3, -0.25) is 4.40 Å². The van der Waals surface area contributed by atoms with Crippen molar-refractivity contribution in [2.75, 3.05) is 5.75 Å². The first-order valence-electron chi connectivity index (χ1n) is 8.12. The van der Waals surface area contributed by atoms with Crippen LogP contribution in [0.5, 0.6) is 0 Å². The van der Waals surface area contributed by atoms with Crippen LogP contribution in [0.3, 0.4) is 0 Å². The molecule has 0 aliphatic carbocycles. The van der Waals surface area contributed by atoms with Crippen LogP contribution in [0.1, 0.15) is 17.5 Å². The van der Waals surface area contributed by atoms with E-state index in [-0.39, 0.29) is 16.3 Å². The highest BCUT2D eigenvalue weighted by Crippen LogP contribution is 2.40. The van der Waals surface area contributed by atoms with E-state index in [9.17, 15) is 26.3 Å². The Morgan fingerprint density at radius 2 is 1.83 bits per heavy atom. The van der Waals surface area contributed by atoms with Gasteiger partial charge in [-0.25, -0.2) is 15.0 Å². The van der Waals surface area contributed by atoms with Gasteiger partial charge in [-0.05, 0) is 11.8 Å². The van der Waals surface area contributed by atoms with Gasteiger partial charge in [0, 0.05) is 13.2 Å². The smallest absolute Gasteiger partial charge is 0.324 e. The number of thiazole rings is 1. The minimum atomic E-state index is -4.61. The molecule has 0 amide bonds. The third-order valence-electron chi connectivity index (χ3n) is 4.11. The Morgan fingerprint density at radius 3 is 2.45 bits per heavy atom. The highest BCUT2D eigenvalue weighted by Gasteiger charge is 2.35. The Hall–Kier alpha value is -2.28. The summed E-state index contributed by atoms with van der Waals surface area (Å²) in [5.74, 6) is 0.809. The molecule has 154 valence electrons. The van der Waals surface area contributed by atoms with Gasteiger partial charge in [0.25, 0.3) is 0 Å². The van der Waals surface area contributed by atoms with Gasteiger partial charge in [-0.2, -0.15) is 26.3 Å². The van der Waals surface area contributed by atoms with Crippen molar-refractivity contribution in [2.24, 2.45) is 7.05 Å². The lowest BCUT2D eigenvalue weighted by Gasteiger charge is -2.05. The van der Waals surface area contributed by atoms with Crippen LogP contribution in [0.15, 0.2) is 23.5 Å². The molecule has 0 bridgehead atoms. The van der Waals surface area contributed by atoms with Gasteiger partial charge < -0.3 is 4.57 Å².